The summed E-state index contributed by atoms with van der Waals surface area (Å²) in [5, 5.41) is 14.0. The average molecular weight is 431 g/mol. The summed E-state index contributed by atoms with van der Waals surface area (Å²) in [5.74, 6) is -0.00594. The van der Waals surface area contributed by atoms with Crippen molar-refractivity contribution in [1.82, 2.24) is 4.90 Å². The second kappa shape index (κ2) is 9.20. The van der Waals surface area contributed by atoms with Gasteiger partial charge in [0, 0.05) is 31.6 Å². The van der Waals surface area contributed by atoms with Gasteiger partial charge in [-0.25, -0.2) is 9.18 Å². The lowest BCUT2D eigenvalue weighted by atomic mass is 10.1. The van der Waals surface area contributed by atoms with Crippen LogP contribution in [0.3, 0.4) is 0 Å². The second-order valence-corrected chi connectivity index (χ2v) is 8.35. The van der Waals surface area contributed by atoms with Crippen molar-refractivity contribution in [2.24, 2.45) is 0 Å². The lowest BCUT2D eigenvalue weighted by molar-refractivity contribution is -0.384. The number of benzene rings is 2. The van der Waals surface area contributed by atoms with Crippen LogP contribution in [0.5, 0.6) is 5.75 Å². The van der Waals surface area contributed by atoms with Gasteiger partial charge in [-0.15, -0.1) is 0 Å². The summed E-state index contributed by atoms with van der Waals surface area (Å²) >= 11 is 0. The van der Waals surface area contributed by atoms with Crippen LogP contribution in [0.15, 0.2) is 42.5 Å². The van der Waals surface area contributed by atoms with Gasteiger partial charge in [0.1, 0.15) is 29.0 Å². The van der Waals surface area contributed by atoms with Crippen LogP contribution in [0, 0.1) is 15.9 Å². The monoisotopic (exact) mass is 431 g/mol. The van der Waals surface area contributed by atoms with E-state index >= 15 is 0 Å². The molecule has 0 radical (unpaired) electrons. The molecule has 0 saturated carbocycles. The van der Waals surface area contributed by atoms with Crippen molar-refractivity contribution in [2.75, 3.05) is 18.4 Å². The molecule has 0 aliphatic carbocycles. The van der Waals surface area contributed by atoms with Gasteiger partial charge in [0.15, 0.2) is 0 Å². The Morgan fingerprint density at radius 3 is 2.39 bits per heavy atom. The highest BCUT2D eigenvalue weighted by Gasteiger charge is 2.27. The minimum Gasteiger partial charge on any atom is -0.490 e. The number of hydrogen-bond donors (Lipinski definition) is 1. The topological polar surface area (TPSA) is 93.9 Å². The van der Waals surface area contributed by atoms with Crippen LogP contribution in [0.25, 0.3) is 0 Å². The Balaban J connectivity index is 1.54. The first-order valence-corrected chi connectivity index (χ1v) is 10.1. The predicted octanol–water partition coefficient (Wildman–Crippen LogP) is 5.26. The SMILES string of the molecule is CC(C)(C)OC(=O)N1CCC(Oc2ccc(Nc3ccc(F)cc3[N+](=O)[O-])cc2)CC1. The van der Waals surface area contributed by atoms with Crippen LogP contribution in [0.4, 0.5) is 26.2 Å². The van der Waals surface area contributed by atoms with E-state index in [9.17, 15) is 19.3 Å². The molecule has 166 valence electrons. The summed E-state index contributed by atoms with van der Waals surface area (Å²) in [6.45, 7) is 6.65. The summed E-state index contributed by atoms with van der Waals surface area (Å²) in [4.78, 5) is 24.3. The number of amides is 1. The molecule has 0 spiro atoms. The van der Waals surface area contributed by atoms with Crippen molar-refractivity contribution < 1.29 is 23.6 Å². The third-order valence-electron chi connectivity index (χ3n) is 4.69. The number of rotatable bonds is 5. The molecule has 0 unspecified atom stereocenters. The number of anilines is 2. The zero-order valence-electron chi connectivity index (χ0n) is 17.8. The van der Waals surface area contributed by atoms with Crippen molar-refractivity contribution in [3.63, 3.8) is 0 Å². The molecule has 1 fully saturated rings. The quantitative estimate of drug-likeness (QED) is 0.513. The molecule has 1 heterocycles. The molecule has 9 heteroatoms. The standard InChI is InChI=1S/C22H26FN3O5/c1-22(2,3)31-21(27)25-12-10-18(11-13-25)30-17-7-5-16(6-8-17)24-19-9-4-15(23)14-20(19)26(28)29/h4-9,14,18,24H,10-13H2,1-3H3. The molecule has 0 aromatic heterocycles. The molecule has 0 atom stereocenters. The van der Waals surface area contributed by atoms with Crippen LogP contribution < -0.4 is 10.1 Å². The van der Waals surface area contributed by atoms with E-state index in [0.717, 1.165) is 12.1 Å². The Bertz CT molecular complexity index is 935. The Hall–Kier alpha value is -3.36. The van der Waals surface area contributed by atoms with Crippen LogP contribution in [-0.4, -0.2) is 40.7 Å². The largest absolute Gasteiger partial charge is 0.490 e. The number of nitro groups is 1. The summed E-state index contributed by atoms with van der Waals surface area (Å²) in [6, 6.07) is 10.4. The highest BCUT2D eigenvalue weighted by molar-refractivity contribution is 5.70. The average Bonchev–Trinajstić information content (AvgIpc) is 2.70. The Morgan fingerprint density at radius 1 is 1.16 bits per heavy atom. The summed E-state index contributed by atoms with van der Waals surface area (Å²) in [6.07, 6.45) is 1.06. The van der Waals surface area contributed by atoms with Gasteiger partial charge in [-0.05, 0) is 57.2 Å². The van der Waals surface area contributed by atoms with Crippen LogP contribution in [0.2, 0.25) is 0 Å². The first-order chi connectivity index (χ1) is 14.6. The molecule has 3 rings (SSSR count). The van der Waals surface area contributed by atoms with Gasteiger partial charge in [-0.1, -0.05) is 0 Å². The smallest absolute Gasteiger partial charge is 0.410 e. The van der Waals surface area contributed by atoms with E-state index in [-0.39, 0.29) is 23.6 Å². The van der Waals surface area contributed by atoms with Crippen LogP contribution >= 0.6 is 0 Å². The predicted molar refractivity (Wildman–Crippen MR) is 114 cm³/mol. The molecule has 8 nitrogen and oxygen atoms in total. The molecule has 1 amide bonds. The van der Waals surface area contributed by atoms with Crippen molar-refractivity contribution in [3.05, 3.63) is 58.4 Å². The second-order valence-electron chi connectivity index (χ2n) is 8.35. The number of carbonyl (C=O) groups excluding carboxylic acids is 1. The van der Waals surface area contributed by atoms with Gasteiger partial charge in [-0.2, -0.15) is 0 Å². The minimum atomic E-state index is -0.668. The van der Waals surface area contributed by atoms with Crippen molar-refractivity contribution in [2.45, 2.75) is 45.3 Å². The van der Waals surface area contributed by atoms with Crippen LogP contribution in [0.1, 0.15) is 33.6 Å². The molecular formula is C22H26FN3O5. The fourth-order valence-corrected chi connectivity index (χ4v) is 3.21. The van der Waals surface area contributed by atoms with Crippen molar-refractivity contribution >= 4 is 23.2 Å². The van der Waals surface area contributed by atoms with Gasteiger partial charge < -0.3 is 19.7 Å². The van der Waals surface area contributed by atoms with Gasteiger partial charge in [0.25, 0.3) is 5.69 Å². The van der Waals surface area contributed by atoms with E-state index in [1.807, 2.05) is 20.8 Å². The summed E-state index contributed by atoms with van der Waals surface area (Å²) in [5.41, 5.74) is -0.0392. The highest BCUT2D eigenvalue weighted by Crippen LogP contribution is 2.29. The number of nitrogens with one attached hydrogen (secondary N) is 1. The Labute approximate surface area is 180 Å². The molecule has 2 aromatic carbocycles. The fourth-order valence-electron chi connectivity index (χ4n) is 3.21. The first kappa shape index (κ1) is 22.3. The number of piperidine rings is 1. The summed E-state index contributed by atoms with van der Waals surface area (Å²) < 4.78 is 24.7. The molecule has 1 saturated heterocycles. The molecule has 1 aliphatic rings. The van der Waals surface area contributed by atoms with Crippen molar-refractivity contribution in [1.29, 1.82) is 0 Å². The molecule has 1 aliphatic heterocycles. The van der Waals surface area contributed by atoms with Gasteiger partial charge >= 0.3 is 6.09 Å². The third kappa shape index (κ3) is 6.31. The van der Waals surface area contributed by atoms with E-state index in [0.29, 0.717) is 37.4 Å². The molecule has 1 N–H and O–H groups in total. The highest BCUT2D eigenvalue weighted by atomic mass is 19.1. The lowest BCUT2D eigenvalue weighted by Crippen LogP contribution is -2.44. The Morgan fingerprint density at radius 2 is 1.81 bits per heavy atom. The Kier molecular flexibility index (Phi) is 6.62. The van der Waals surface area contributed by atoms with Crippen LogP contribution in [-0.2, 0) is 4.74 Å². The number of nitrogens with zero attached hydrogens (tertiary/aromatic N) is 2. The summed E-state index contributed by atoms with van der Waals surface area (Å²) in [7, 11) is 0. The van der Waals surface area contributed by atoms with E-state index < -0.39 is 16.3 Å². The molecular weight excluding hydrogens is 405 g/mol. The number of hydrogen-bond acceptors (Lipinski definition) is 6. The van der Waals surface area contributed by atoms with Gasteiger partial charge in [0.05, 0.1) is 11.0 Å². The van der Waals surface area contributed by atoms with Crippen molar-refractivity contribution in [3.8, 4) is 5.75 Å². The molecule has 2 aromatic rings. The maximum Gasteiger partial charge on any atom is 0.410 e. The number of likely N-dealkylation sites (tertiary alicyclic amines) is 1. The lowest BCUT2D eigenvalue weighted by Gasteiger charge is -2.33. The maximum atomic E-state index is 13.3. The molecule has 31 heavy (non-hydrogen) atoms. The van der Waals surface area contributed by atoms with E-state index in [4.69, 9.17) is 9.47 Å². The van der Waals surface area contributed by atoms with E-state index in [1.54, 1.807) is 29.2 Å². The number of halogens is 1. The first-order valence-electron chi connectivity index (χ1n) is 10.1. The molecule has 0 bridgehead atoms. The maximum absolute atomic E-state index is 13.3. The number of ether oxygens (including phenoxy) is 2. The number of nitro benzene ring substituents is 1. The third-order valence-corrected chi connectivity index (χ3v) is 4.69. The normalized spacial score (nSPS) is 14.8. The zero-order chi connectivity index (χ0) is 22.6. The number of carbonyl (C=O) groups is 1. The zero-order valence-corrected chi connectivity index (χ0v) is 17.8. The van der Waals surface area contributed by atoms with E-state index in [1.165, 1.54) is 6.07 Å². The van der Waals surface area contributed by atoms with Gasteiger partial charge in [-0.3, -0.25) is 10.1 Å². The fraction of sp³-hybridized carbons (Fsp3) is 0.409. The van der Waals surface area contributed by atoms with Gasteiger partial charge in [0.2, 0.25) is 0 Å². The minimum absolute atomic E-state index is 0.0179. The van der Waals surface area contributed by atoms with E-state index in [2.05, 4.69) is 5.32 Å².